The van der Waals surface area contributed by atoms with Gasteiger partial charge in [-0.2, -0.15) is 0 Å². The van der Waals surface area contributed by atoms with Crippen molar-refractivity contribution in [2.75, 3.05) is 50.7 Å². The number of piperidine rings is 1. The second kappa shape index (κ2) is 13.4. The van der Waals surface area contributed by atoms with Crippen molar-refractivity contribution in [2.45, 2.75) is 32.6 Å². The third-order valence-electron chi connectivity index (χ3n) is 6.63. The summed E-state index contributed by atoms with van der Waals surface area (Å²) in [7, 11) is 0. The van der Waals surface area contributed by atoms with Gasteiger partial charge in [-0.15, -0.1) is 0 Å². The van der Waals surface area contributed by atoms with Gasteiger partial charge >= 0.3 is 0 Å². The van der Waals surface area contributed by atoms with Crippen LogP contribution in [0.4, 0.5) is 11.6 Å². The zero-order chi connectivity index (χ0) is 26.1. The summed E-state index contributed by atoms with van der Waals surface area (Å²) in [6.07, 6.45) is 3.15. The summed E-state index contributed by atoms with van der Waals surface area (Å²) in [6, 6.07) is 8.24. The number of nitrogen functional groups attached to an aromatic ring is 2. The van der Waals surface area contributed by atoms with E-state index in [1.54, 1.807) is 0 Å². The van der Waals surface area contributed by atoms with Crippen molar-refractivity contribution in [1.29, 1.82) is 0 Å². The summed E-state index contributed by atoms with van der Waals surface area (Å²) in [6.45, 7) is 6.05. The van der Waals surface area contributed by atoms with Crippen LogP contribution in [0, 0.1) is 18.8 Å². The maximum atomic E-state index is 12.8. The number of aromatic nitrogens is 2. The third-order valence-corrected chi connectivity index (χ3v) is 6.91. The molecule has 2 amide bonds. The number of aryl methyl sites for hydroxylation is 1. The number of carbonyl (C=O) groups is 2. The summed E-state index contributed by atoms with van der Waals surface area (Å²) in [5.74, 6) is 0.283. The van der Waals surface area contributed by atoms with Gasteiger partial charge in [0.1, 0.15) is 0 Å². The van der Waals surface area contributed by atoms with Crippen molar-refractivity contribution < 1.29 is 9.59 Å². The number of rotatable bonds is 11. The summed E-state index contributed by atoms with van der Waals surface area (Å²) in [4.78, 5) is 34.6. The number of likely N-dealkylation sites (tertiary alicyclic amines) is 1. The van der Waals surface area contributed by atoms with Gasteiger partial charge in [0, 0.05) is 32.6 Å². The van der Waals surface area contributed by atoms with Crippen molar-refractivity contribution in [3.05, 3.63) is 46.2 Å². The van der Waals surface area contributed by atoms with E-state index in [1.807, 2.05) is 17.0 Å². The molecule has 0 spiro atoms. The van der Waals surface area contributed by atoms with Crippen molar-refractivity contribution in [1.82, 2.24) is 25.5 Å². The lowest BCUT2D eigenvalue weighted by Crippen LogP contribution is -2.42. The van der Waals surface area contributed by atoms with E-state index in [1.165, 1.54) is 11.1 Å². The van der Waals surface area contributed by atoms with Gasteiger partial charge in [0.25, 0.3) is 5.91 Å². The fourth-order valence-electron chi connectivity index (χ4n) is 4.46. The Kier molecular flexibility index (Phi) is 10.3. The van der Waals surface area contributed by atoms with Crippen LogP contribution in [-0.2, 0) is 11.2 Å². The van der Waals surface area contributed by atoms with Gasteiger partial charge in [-0.3, -0.25) is 9.59 Å². The second-order valence-electron chi connectivity index (χ2n) is 9.36. The monoisotopic (exact) mass is 516 g/mol. The lowest BCUT2D eigenvalue weighted by atomic mass is 9.94. The molecule has 1 aliphatic rings. The molecule has 0 unspecified atom stereocenters. The van der Waals surface area contributed by atoms with E-state index in [9.17, 15) is 9.59 Å². The van der Waals surface area contributed by atoms with Crippen LogP contribution in [0.5, 0.6) is 0 Å². The summed E-state index contributed by atoms with van der Waals surface area (Å²) in [5, 5.41) is 6.47. The highest BCUT2D eigenvalue weighted by atomic mass is 35.5. The molecular formula is C25H37ClN8O2. The predicted molar refractivity (Wildman–Crippen MR) is 142 cm³/mol. The Morgan fingerprint density at radius 2 is 1.86 bits per heavy atom. The number of nitrogens with zero attached hydrogens (tertiary/aromatic N) is 3. The lowest BCUT2D eigenvalue weighted by molar-refractivity contribution is -0.132. The number of amides is 2. The molecule has 0 bridgehead atoms. The normalized spacial score (nSPS) is 15.0. The van der Waals surface area contributed by atoms with E-state index in [4.69, 9.17) is 28.8 Å². The summed E-state index contributed by atoms with van der Waals surface area (Å²) >= 11 is 5.93. The zero-order valence-electron chi connectivity index (χ0n) is 20.8. The first-order valence-electron chi connectivity index (χ1n) is 12.4. The van der Waals surface area contributed by atoms with Crippen LogP contribution in [-0.4, -0.2) is 66.0 Å². The molecule has 0 radical (unpaired) electrons. The Morgan fingerprint density at radius 3 is 2.56 bits per heavy atom. The molecule has 1 saturated heterocycles. The van der Waals surface area contributed by atoms with E-state index in [0.717, 1.165) is 45.4 Å². The highest BCUT2D eigenvalue weighted by molar-refractivity contribution is 6.31. The summed E-state index contributed by atoms with van der Waals surface area (Å²) in [5.41, 5.74) is 19.4. The Balaban J connectivity index is 1.56. The van der Waals surface area contributed by atoms with Gasteiger partial charge in [0.15, 0.2) is 22.5 Å². The Hall–Kier alpha value is -2.95. The molecule has 2 aromatic rings. The van der Waals surface area contributed by atoms with Crippen LogP contribution >= 0.6 is 11.6 Å². The summed E-state index contributed by atoms with van der Waals surface area (Å²) < 4.78 is 0. The van der Waals surface area contributed by atoms with Gasteiger partial charge in [0.05, 0.1) is 0 Å². The molecule has 11 heteroatoms. The SMILES string of the molecule is Cc1ccccc1C[C@H](CNCC1CCN(C(=O)CCN)CC1)CNC(=O)c1nc(Cl)c(N)nc1N. The molecule has 196 valence electrons. The number of nitrogens with two attached hydrogens (primary N) is 3. The van der Waals surface area contributed by atoms with Crippen LogP contribution in [0.1, 0.15) is 40.9 Å². The zero-order valence-corrected chi connectivity index (χ0v) is 21.6. The van der Waals surface area contributed by atoms with Crippen molar-refractivity contribution in [3.8, 4) is 0 Å². The van der Waals surface area contributed by atoms with Gasteiger partial charge < -0.3 is 32.7 Å². The molecule has 0 saturated carbocycles. The molecule has 36 heavy (non-hydrogen) atoms. The topological polar surface area (TPSA) is 165 Å². The van der Waals surface area contributed by atoms with Crippen LogP contribution in [0.3, 0.4) is 0 Å². The maximum Gasteiger partial charge on any atom is 0.273 e. The highest BCUT2D eigenvalue weighted by Crippen LogP contribution is 2.19. The number of benzene rings is 1. The molecule has 2 heterocycles. The number of hydrogen-bond donors (Lipinski definition) is 5. The standard InChI is InChI=1S/C25H37ClN8O2/c1-16-4-2-3-5-19(16)12-18(15-31-25(36)21-23(28)33-24(29)22(26)32-21)14-30-13-17-7-10-34(11-8-17)20(35)6-9-27/h2-5,17-18,30H,6-15,27H2,1H3,(H,31,36)(H4,28,29,33)/t18-/m1/s1. The molecular weight excluding hydrogens is 480 g/mol. The lowest BCUT2D eigenvalue weighted by Gasteiger charge is -2.32. The molecule has 1 aliphatic heterocycles. The van der Waals surface area contributed by atoms with Crippen LogP contribution < -0.4 is 27.8 Å². The molecule has 1 aromatic heterocycles. The number of nitrogens with one attached hydrogen (secondary N) is 2. The average molecular weight is 517 g/mol. The number of carbonyl (C=O) groups excluding carboxylic acids is 2. The van der Waals surface area contributed by atoms with Crippen molar-refractivity contribution in [3.63, 3.8) is 0 Å². The molecule has 1 atom stereocenters. The second-order valence-corrected chi connectivity index (χ2v) is 9.72. The first-order valence-corrected chi connectivity index (χ1v) is 12.8. The van der Waals surface area contributed by atoms with E-state index in [0.29, 0.717) is 25.4 Å². The molecule has 10 nitrogen and oxygen atoms in total. The average Bonchev–Trinajstić information content (AvgIpc) is 2.86. The van der Waals surface area contributed by atoms with E-state index in [2.05, 4.69) is 39.7 Å². The predicted octanol–water partition coefficient (Wildman–Crippen LogP) is 1.37. The largest absolute Gasteiger partial charge is 0.382 e. The fraction of sp³-hybridized carbons (Fsp3) is 0.520. The fourth-order valence-corrected chi connectivity index (χ4v) is 4.58. The van der Waals surface area contributed by atoms with Crippen LogP contribution in [0.25, 0.3) is 0 Å². The molecule has 0 aliphatic carbocycles. The Bertz CT molecular complexity index is 1040. The molecule has 1 fully saturated rings. The first kappa shape index (κ1) is 27.6. The van der Waals surface area contributed by atoms with Crippen LogP contribution in [0.15, 0.2) is 24.3 Å². The van der Waals surface area contributed by atoms with Crippen LogP contribution in [0.2, 0.25) is 5.15 Å². The third kappa shape index (κ3) is 7.78. The Morgan fingerprint density at radius 1 is 1.14 bits per heavy atom. The maximum absolute atomic E-state index is 12.8. The van der Waals surface area contributed by atoms with Crippen molar-refractivity contribution >= 4 is 35.1 Å². The number of hydrogen-bond acceptors (Lipinski definition) is 8. The van der Waals surface area contributed by atoms with E-state index >= 15 is 0 Å². The Labute approximate surface area is 217 Å². The van der Waals surface area contributed by atoms with E-state index < -0.39 is 5.91 Å². The number of anilines is 2. The minimum Gasteiger partial charge on any atom is -0.382 e. The minimum atomic E-state index is -0.439. The van der Waals surface area contributed by atoms with E-state index in [-0.39, 0.29) is 34.3 Å². The minimum absolute atomic E-state index is 0.0121. The first-order chi connectivity index (χ1) is 17.3. The van der Waals surface area contributed by atoms with Crippen molar-refractivity contribution in [2.24, 2.45) is 17.6 Å². The highest BCUT2D eigenvalue weighted by Gasteiger charge is 2.23. The molecule has 3 rings (SSSR count). The molecule has 1 aromatic carbocycles. The van der Waals surface area contributed by atoms with Gasteiger partial charge in [-0.1, -0.05) is 35.9 Å². The quantitative estimate of drug-likeness (QED) is 0.298. The smallest absolute Gasteiger partial charge is 0.273 e. The van der Waals surface area contributed by atoms with Gasteiger partial charge in [-0.05, 0) is 62.2 Å². The van der Waals surface area contributed by atoms with Gasteiger partial charge in [-0.25, -0.2) is 9.97 Å². The molecule has 8 N–H and O–H groups in total. The van der Waals surface area contributed by atoms with Gasteiger partial charge in [0.2, 0.25) is 5.91 Å². The number of halogens is 1.